The van der Waals surface area contributed by atoms with Crippen LogP contribution in [-0.2, 0) is 9.53 Å². The number of unbranched alkanes of at least 4 members (excludes halogenated alkanes) is 2. The van der Waals surface area contributed by atoms with Crippen LogP contribution in [0.4, 0.5) is 16.2 Å². The maximum atomic E-state index is 12.7. The van der Waals surface area contributed by atoms with Gasteiger partial charge in [0.2, 0.25) is 5.91 Å². The molecular weight excluding hydrogens is 604 g/mol. The van der Waals surface area contributed by atoms with Crippen LogP contribution in [0.3, 0.4) is 0 Å². The molecule has 0 aromatic heterocycles. The van der Waals surface area contributed by atoms with Crippen molar-refractivity contribution in [2.45, 2.75) is 44.6 Å². The predicted octanol–water partition coefficient (Wildman–Crippen LogP) is 5.54. The van der Waals surface area contributed by atoms with Crippen molar-refractivity contribution < 1.29 is 19.1 Å². The number of likely N-dealkylation sites (tertiary alicyclic amines) is 1. The van der Waals surface area contributed by atoms with Gasteiger partial charge in [0, 0.05) is 89.2 Å². The van der Waals surface area contributed by atoms with E-state index in [-0.39, 0.29) is 17.9 Å². The van der Waals surface area contributed by atoms with Crippen molar-refractivity contribution in [2.24, 2.45) is 0 Å². The molecule has 3 aromatic carbocycles. The lowest BCUT2D eigenvalue weighted by Gasteiger charge is -2.32. The van der Waals surface area contributed by atoms with Crippen LogP contribution in [-0.4, -0.2) is 105 Å². The zero-order valence-corrected chi connectivity index (χ0v) is 28.2. The van der Waals surface area contributed by atoms with Gasteiger partial charge in [0.15, 0.2) is 0 Å². The summed E-state index contributed by atoms with van der Waals surface area (Å²) in [6.45, 7) is 7.20. The molecule has 10 nitrogen and oxygen atoms in total. The molecule has 5 rings (SSSR count). The highest BCUT2D eigenvalue weighted by Crippen LogP contribution is 2.28. The molecule has 2 fully saturated rings. The number of likely N-dealkylation sites (N-methyl/N-ethyl adjacent to an activating group) is 1. The summed E-state index contributed by atoms with van der Waals surface area (Å²) in [5.74, 6) is 0.272. The van der Waals surface area contributed by atoms with E-state index in [1.165, 1.54) is 0 Å². The van der Waals surface area contributed by atoms with Crippen molar-refractivity contribution in [3.8, 4) is 11.1 Å². The SMILES string of the molecule is CN(CCN1CCC(OC(=O)Nc2ccccc2-c2ccccc2)CC1)C(=O)CCCCCNc1ccc(C(=O)N2CCNCC2)cc1. The van der Waals surface area contributed by atoms with E-state index < -0.39 is 6.09 Å². The minimum atomic E-state index is -0.425. The Morgan fingerprint density at radius 2 is 1.56 bits per heavy atom. The van der Waals surface area contributed by atoms with Gasteiger partial charge in [0.05, 0.1) is 5.69 Å². The molecule has 0 radical (unpaired) electrons. The molecule has 0 unspecified atom stereocenters. The van der Waals surface area contributed by atoms with Gasteiger partial charge in [0.1, 0.15) is 6.10 Å². The summed E-state index contributed by atoms with van der Waals surface area (Å²) in [5.41, 5.74) is 4.46. The molecule has 2 heterocycles. The molecule has 3 aromatic rings. The van der Waals surface area contributed by atoms with Gasteiger partial charge >= 0.3 is 6.09 Å². The minimum absolute atomic E-state index is 0.0931. The van der Waals surface area contributed by atoms with E-state index in [1.54, 1.807) is 0 Å². The van der Waals surface area contributed by atoms with Gasteiger partial charge in [-0.3, -0.25) is 14.9 Å². The van der Waals surface area contributed by atoms with Crippen molar-refractivity contribution in [1.82, 2.24) is 20.0 Å². The minimum Gasteiger partial charge on any atom is -0.446 e. The van der Waals surface area contributed by atoms with Crippen LogP contribution in [0.5, 0.6) is 0 Å². The van der Waals surface area contributed by atoms with Crippen LogP contribution >= 0.6 is 0 Å². The molecule has 2 aliphatic heterocycles. The molecule has 3 amide bonds. The summed E-state index contributed by atoms with van der Waals surface area (Å²) in [4.78, 5) is 44.1. The second-order valence-corrected chi connectivity index (χ2v) is 12.7. The second-order valence-electron chi connectivity index (χ2n) is 12.7. The van der Waals surface area contributed by atoms with Crippen molar-refractivity contribution in [3.63, 3.8) is 0 Å². The van der Waals surface area contributed by atoms with E-state index in [2.05, 4.69) is 20.9 Å². The Kier molecular flexibility index (Phi) is 13.3. The Bertz CT molecular complexity index is 1450. The van der Waals surface area contributed by atoms with Crippen LogP contribution in [0.15, 0.2) is 78.9 Å². The summed E-state index contributed by atoms with van der Waals surface area (Å²) in [6.07, 6.45) is 4.38. The number of amides is 3. The normalized spacial score (nSPS) is 15.5. The Labute approximate surface area is 284 Å². The van der Waals surface area contributed by atoms with Crippen molar-refractivity contribution >= 4 is 29.3 Å². The third-order valence-corrected chi connectivity index (χ3v) is 9.17. The smallest absolute Gasteiger partial charge is 0.411 e. The van der Waals surface area contributed by atoms with E-state index in [4.69, 9.17) is 4.74 Å². The van der Waals surface area contributed by atoms with E-state index in [1.807, 2.05) is 95.7 Å². The number of carbonyl (C=O) groups is 3. The average Bonchev–Trinajstić information content (AvgIpc) is 3.13. The molecule has 0 saturated carbocycles. The number of carbonyl (C=O) groups excluding carboxylic acids is 3. The lowest BCUT2D eigenvalue weighted by molar-refractivity contribution is -0.130. The molecule has 0 spiro atoms. The van der Waals surface area contributed by atoms with E-state index in [9.17, 15) is 14.4 Å². The lowest BCUT2D eigenvalue weighted by atomic mass is 10.0. The highest BCUT2D eigenvalue weighted by molar-refractivity contribution is 5.94. The first-order chi connectivity index (χ1) is 23.5. The number of nitrogens with zero attached hydrogens (tertiary/aromatic N) is 3. The predicted molar refractivity (Wildman–Crippen MR) is 191 cm³/mol. The van der Waals surface area contributed by atoms with Gasteiger partial charge < -0.3 is 30.1 Å². The topological polar surface area (TPSA) is 106 Å². The number of anilines is 2. The number of piperidine rings is 1. The number of hydrogen-bond donors (Lipinski definition) is 3. The van der Waals surface area contributed by atoms with Crippen molar-refractivity contribution in [3.05, 3.63) is 84.4 Å². The molecule has 0 aliphatic carbocycles. The molecule has 0 atom stereocenters. The van der Waals surface area contributed by atoms with Crippen LogP contribution in [0, 0.1) is 0 Å². The number of rotatable bonds is 14. The number of nitrogens with one attached hydrogen (secondary N) is 3. The number of para-hydroxylation sites is 1. The first-order valence-corrected chi connectivity index (χ1v) is 17.4. The van der Waals surface area contributed by atoms with Crippen LogP contribution in [0.25, 0.3) is 11.1 Å². The fraction of sp³-hybridized carbons (Fsp3) is 0.447. The number of hydrogen-bond acceptors (Lipinski definition) is 7. The van der Waals surface area contributed by atoms with Gasteiger partial charge in [-0.25, -0.2) is 4.79 Å². The molecule has 256 valence electrons. The Hall–Kier alpha value is -4.41. The van der Waals surface area contributed by atoms with Gasteiger partial charge in [-0.15, -0.1) is 0 Å². The van der Waals surface area contributed by atoms with Crippen molar-refractivity contribution in [2.75, 3.05) is 76.6 Å². The quantitative estimate of drug-likeness (QED) is 0.196. The average molecular weight is 655 g/mol. The third kappa shape index (κ3) is 10.6. The first-order valence-electron chi connectivity index (χ1n) is 17.4. The molecule has 2 aliphatic rings. The van der Waals surface area contributed by atoms with Crippen LogP contribution in [0.2, 0.25) is 0 Å². The highest BCUT2D eigenvalue weighted by atomic mass is 16.6. The molecule has 48 heavy (non-hydrogen) atoms. The zero-order valence-electron chi connectivity index (χ0n) is 28.2. The Balaban J connectivity index is 0.907. The molecule has 10 heteroatoms. The standard InChI is InChI=1S/C38H50N6O4/c1-42(36(45)14-6-3-9-21-40-32-17-15-31(16-18-32)37(46)44-26-22-39-23-27-44)28-29-43-24-19-33(20-25-43)48-38(47)41-35-13-8-7-12-34(35)30-10-4-2-5-11-30/h2,4-5,7-8,10-13,15-18,33,39-40H,3,6,9,14,19-29H2,1H3,(H,41,47). The summed E-state index contributed by atoms with van der Waals surface area (Å²) in [5, 5.41) is 9.63. The largest absolute Gasteiger partial charge is 0.446 e. The molecule has 0 bridgehead atoms. The maximum absolute atomic E-state index is 12.7. The highest BCUT2D eigenvalue weighted by Gasteiger charge is 2.23. The number of ether oxygens (including phenoxy) is 1. The third-order valence-electron chi connectivity index (χ3n) is 9.17. The van der Waals surface area contributed by atoms with Gasteiger partial charge in [-0.05, 0) is 61.6 Å². The molecule has 2 saturated heterocycles. The van der Waals surface area contributed by atoms with E-state index >= 15 is 0 Å². The summed E-state index contributed by atoms with van der Waals surface area (Å²) in [7, 11) is 1.88. The number of benzene rings is 3. The van der Waals surface area contributed by atoms with E-state index in [0.717, 1.165) is 113 Å². The van der Waals surface area contributed by atoms with Crippen molar-refractivity contribution in [1.29, 1.82) is 0 Å². The Morgan fingerprint density at radius 1 is 0.854 bits per heavy atom. The van der Waals surface area contributed by atoms with Gasteiger partial charge in [-0.1, -0.05) is 55.0 Å². The number of piperazine rings is 1. The van der Waals surface area contributed by atoms with Crippen LogP contribution in [0.1, 0.15) is 48.9 Å². The lowest BCUT2D eigenvalue weighted by Crippen LogP contribution is -2.46. The summed E-state index contributed by atoms with van der Waals surface area (Å²) < 4.78 is 5.77. The van der Waals surface area contributed by atoms with Gasteiger partial charge in [0.25, 0.3) is 5.91 Å². The van der Waals surface area contributed by atoms with Crippen LogP contribution < -0.4 is 16.0 Å². The maximum Gasteiger partial charge on any atom is 0.411 e. The fourth-order valence-electron chi connectivity index (χ4n) is 6.20. The Morgan fingerprint density at radius 3 is 2.31 bits per heavy atom. The second kappa shape index (κ2) is 18.2. The van der Waals surface area contributed by atoms with E-state index in [0.29, 0.717) is 13.0 Å². The first kappa shape index (κ1) is 34.9. The summed E-state index contributed by atoms with van der Waals surface area (Å²) >= 11 is 0. The monoisotopic (exact) mass is 654 g/mol. The molecular formula is C38H50N6O4. The summed E-state index contributed by atoms with van der Waals surface area (Å²) in [6, 6.07) is 25.4. The fourth-order valence-corrected chi connectivity index (χ4v) is 6.20. The van der Waals surface area contributed by atoms with Gasteiger partial charge in [-0.2, -0.15) is 0 Å². The molecule has 3 N–H and O–H groups in total. The zero-order chi connectivity index (χ0) is 33.6.